The zero-order valence-electron chi connectivity index (χ0n) is 14.7. The van der Waals surface area contributed by atoms with Gasteiger partial charge in [0.25, 0.3) is 0 Å². The fourth-order valence-corrected chi connectivity index (χ4v) is 2.42. The smallest absolute Gasteiger partial charge is 0.335 e. The van der Waals surface area contributed by atoms with Gasteiger partial charge in [-0.2, -0.15) is 0 Å². The number of nitrogens with two attached hydrogens (primary N) is 2. The van der Waals surface area contributed by atoms with Gasteiger partial charge in [0, 0.05) is 17.5 Å². The summed E-state index contributed by atoms with van der Waals surface area (Å²) < 4.78 is 5.03. The summed E-state index contributed by atoms with van der Waals surface area (Å²) in [6, 6.07) is 13.5. The molecule has 0 radical (unpaired) electrons. The van der Waals surface area contributed by atoms with E-state index in [1.54, 1.807) is 25.1 Å². The Labute approximate surface area is 153 Å². The second-order valence-corrected chi connectivity index (χ2v) is 5.69. The number of carbonyl (C=O) groups is 1. The Morgan fingerprint density at radius 1 is 0.923 bits per heavy atom. The monoisotopic (exact) mass is 346 g/mol. The second kappa shape index (κ2) is 8.53. The zero-order chi connectivity index (χ0) is 19.1. The minimum absolute atomic E-state index is 0.473. The molecule has 0 bridgehead atoms. The van der Waals surface area contributed by atoms with Gasteiger partial charge in [-0.05, 0) is 53.5 Å². The molecule has 0 atom stereocenters. The second-order valence-electron chi connectivity index (χ2n) is 5.69. The van der Waals surface area contributed by atoms with Gasteiger partial charge in [0.1, 0.15) is 5.76 Å². The molecule has 4 heteroatoms. The molecular formula is C22H22N2O2. The third-order valence-electron chi connectivity index (χ3n) is 3.67. The van der Waals surface area contributed by atoms with Crippen LogP contribution in [0.15, 0.2) is 85.7 Å². The fraction of sp³-hybridized carbons (Fsp3) is 0.0455. The average molecular weight is 346 g/mol. The van der Waals surface area contributed by atoms with Gasteiger partial charge in [0.2, 0.25) is 0 Å². The maximum Gasteiger partial charge on any atom is 0.335 e. The molecule has 2 aromatic rings. The molecule has 0 aromatic heterocycles. The predicted molar refractivity (Wildman–Crippen MR) is 109 cm³/mol. The molecule has 0 unspecified atom stereocenters. The lowest BCUT2D eigenvalue weighted by atomic mass is 9.99. The number of rotatable bonds is 6. The van der Waals surface area contributed by atoms with Gasteiger partial charge in [-0.3, -0.25) is 0 Å². The summed E-state index contributed by atoms with van der Waals surface area (Å²) in [7, 11) is 0. The minimum atomic E-state index is -0.488. The van der Waals surface area contributed by atoms with Gasteiger partial charge in [-0.15, -0.1) is 0 Å². The summed E-state index contributed by atoms with van der Waals surface area (Å²) >= 11 is 0. The van der Waals surface area contributed by atoms with E-state index < -0.39 is 5.97 Å². The fourth-order valence-electron chi connectivity index (χ4n) is 2.42. The topological polar surface area (TPSA) is 78.3 Å². The third-order valence-corrected chi connectivity index (χ3v) is 3.67. The first-order valence-corrected chi connectivity index (χ1v) is 8.05. The highest BCUT2D eigenvalue weighted by atomic mass is 16.5. The molecule has 0 aliphatic heterocycles. The van der Waals surface area contributed by atoms with E-state index in [1.807, 2.05) is 42.5 Å². The number of hydrogen-bond acceptors (Lipinski definition) is 4. The first-order chi connectivity index (χ1) is 12.4. The molecule has 0 spiro atoms. The average Bonchev–Trinajstić information content (AvgIpc) is 2.61. The Hall–Kier alpha value is -3.53. The zero-order valence-corrected chi connectivity index (χ0v) is 14.7. The predicted octanol–water partition coefficient (Wildman–Crippen LogP) is 4.72. The van der Waals surface area contributed by atoms with Crippen molar-refractivity contribution in [2.45, 2.75) is 6.92 Å². The van der Waals surface area contributed by atoms with E-state index in [2.05, 4.69) is 13.2 Å². The summed E-state index contributed by atoms with van der Waals surface area (Å²) in [6.07, 6.45) is 6.42. The van der Waals surface area contributed by atoms with E-state index in [-0.39, 0.29) is 0 Å². The highest BCUT2D eigenvalue weighted by Crippen LogP contribution is 2.26. The molecule has 132 valence electrons. The molecule has 4 N–H and O–H groups in total. The molecule has 2 rings (SSSR count). The quantitative estimate of drug-likeness (QED) is 0.261. The number of carbonyl (C=O) groups excluding carboxylic acids is 1. The molecule has 4 nitrogen and oxygen atoms in total. The number of hydrogen-bond donors (Lipinski definition) is 2. The van der Waals surface area contributed by atoms with E-state index >= 15 is 0 Å². The van der Waals surface area contributed by atoms with Crippen LogP contribution < -0.4 is 11.5 Å². The molecule has 0 saturated carbocycles. The molecule has 0 aliphatic carbocycles. The van der Waals surface area contributed by atoms with Crippen molar-refractivity contribution in [2.24, 2.45) is 0 Å². The summed E-state index contributed by atoms with van der Waals surface area (Å²) in [5.74, 6) is -0.0147. The van der Waals surface area contributed by atoms with E-state index in [0.29, 0.717) is 17.1 Å². The lowest BCUT2D eigenvalue weighted by Crippen LogP contribution is -1.96. The molecule has 0 aliphatic rings. The molecule has 0 fully saturated rings. The van der Waals surface area contributed by atoms with Gasteiger partial charge in [0.05, 0.1) is 0 Å². The van der Waals surface area contributed by atoms with E-state index in [0.717, 1.165) is 28.3 Å². The van der Waals surface area contributed by atoms with Crippen LogP contribution in [0.4, 0.5) is 11.4 Å². The van der Waals surface area contributed by atoms with Crippen molar-refractivity contribution in [3.05, 3.63) is 91.2 Å². The lowest BCUT2D eigenvalue weighted by molar-refractivity contribution is -0.133. The van der Waals surface area contributed by atoms with Gasteiger partial charge in [0.15, 0.2) is 0 Å². The van der Waals surface area contributed by atoms with E-state index in [9.17, 15) is 4.79 Å². The molecular weight excluding hydrogens is 324 g/mol. The molecule has 0 heterocycles. The first-order valence-electron chi connectivity index (χ1n) is 8.05. The van der Waals surface area contributed by atoms with Gasteiger partial charge in [-0.25, -0.2) is 4.79 Å². The Balaban J connectivity index is 2.25. The normalized spacial score (nSPS) is 11.7. The van der Waals surface area contributed by atoms with Crippen LogP contribution >= 0.6 is 0 Å². The minimum Gasteiger partial charge on any atom is -0.428 e. The van der Waals surface area contributed by atoms with Crippen LogP contribution in [0, 0.1) is 0 Å². The largest absolute Gasteiger partial charge is 0.428 e. The van der Waals surface area contributed by atoms with Crippen molar-refractivity contribution in [1.82, 2.24) is 0 Å². The third kappa shape index (κ3) is 4.98. The maximum absolute atomic E-state index is 11.2. The van der Waals surface area contributed by atoms with Crippen molar-refractivity contribution in [1.29, 1.82) is 0 Å². The Morgan fingerprint density at radius 2 is 1.54 bits per heavy atom. The van der Waals surface area contributed by atoms with Crippen LogP contribution in [0.1, 0.15) is 12.5 Å². The van der Waals surface area contributed by atoms with Crippen molar-refractivity contribution >= 4 is 22.9 Å². The molecule has 26 heavy (non-hydrogen) atoms. The Bertz CT molecular complexity index is 871. The number of ether oxygens (including phenoxy) is 1. The van der Waals surface area contributed by atoms with Gasteiger partial charge in [-0.1, -0.05) is 49.6 Å². The van der Waals surface area contributed by atoms with E-state index in [4.69, 9.17) is 16.2 Å². The molecule has 0 amide bonds. The Kier molecular flexibility index (Phi) is 6.17. The number of benzene rings is 2. The summed E-state index contributed by atoms with van der Waals surface area (Å²) in [5.41, 5.74) is 16.8. The maximum atomic E-state index is 11.2. The number of allylic oxidation sites excluding steroid dienone is 5. The van der Waals surface area contributed by atoms with Crippen molar-refractivity contribution in [2.75, 3.05) is 11.5 Å². The number of esters is 1. The number of anilines is 2. The standard InChI is InChI=1S/C22H22N2O2/c1-4-16(7-6-15(3)26-22(25)5-2)17-8-10-18(11-9-17)19-12-20(23)14-21(24)13-19/h4-14H,1-2,23-24H2,3H3/b15-6+,16-7+. The van der Waals surface area contributed by atoms with Crippen LogP contribution in [0.5, 0.6) is 0 Å². The van der Waals surface area contributed by atoms with Crippen LogP contribution in [0.2, 0.25) is 0 Å². The van der Waals surface area contributed by atoms with Crippen LogP contribution in [-0.2, 0) is 9.53 Å². The summed E-state index contributed by atoms with van der Waals surface area (Å²) in [4.78, 5) is 11.2. The van der Waals surface area contributed by atoms with Crippen LogP contribution in [0.3, 0.4) is 0 Å². The first kappa shape index (κ1) is 18.8. The van der Waals surface area contributed by atoms with Gasteiger partial charge < -0.3 is 16.2 Å². The van der Waals surface area contributed by atoms with E-state index in [1.165, 1.54) is 0 Å². The lowest BCUT2D eigenvalue weighted by Gasteiger charge is -2.07. The SMILES string of the molecule is C=CC(=O)O/C(C)=C/C=C(\C=C)c1ccc(-c2cc(N)cc(N)c2)cc1. The van der Waals surface area contributed by atoms with Crippen molar-refractivity contribution < 1.29 is 9.53 Å². The van der Waals surface area contributed by atoms with Crippen molar-refractivity contribution in [3.8, 4) is 11.1 Å². The summed E-state index contributed by atoms with van der Waals surface area (Å²) in [6.45, 7) is 8.91. The van der Waals surface area contributed by atoms with Crippen molar-refractivity contribution in [3.63, 3.8) is 0 Å². The number of nitrogen functional groups attached to an aromatic ring is 2. The molecule has 2 aromatic carbocycles. The molecule has 0 saturated heterocycles. The highest BCUT2D eigenvalue weighted by molar-refractivity contribution is 5.82. The summed E-state index contributed by atoms with van der Waals surface area (Å²) in [5, 5.41) is 0. The Morgan fingerprint density at radius 3 is 2.08 bits per heavy atom. The van der Waals surface area contributed by atoms with Crippen LogP contribution in [0.25, 0.3) is 16.7 Å². The van der Waals surface area contributed by atoms with Crippen LogP contribution in [-0.4, -0.2) is 5.97 Å². The highest BCUT2D eigenvalue weighted by Gasteiger charge is 2.03. The van der Waals surface area contributed by atoms with Gasteiger partial charge >= 0.3 is 5.97 Å².